The van der Waals surface area contributed by atoms with E-state index in [2.05, 4.69) is 5.10 Å². The zero-order valence-corrected chi connectivity index (χ0v) is 14.3. The molecule has 0 radical (unpaired) electrons. The predicted molar refractivity (Wildman–Crippen MR) is 92.2 cm³/mol. The van der Waals surface area contributed by atoms with Gasteiger partial charge in [0.15, 0.2) is 6.61 Å². The molecular formula is C17H14Cl2N2O3. The van der Waals surface area contributed by atoms with E-state index in [4.69, 9.17) is 32.7 Å². The zero-order valence-electron chi connectivity index (χ0n) is 12.8. The number of rotatable bonds is 4. The number of ether oxygens (including phenoxy) is 2. The van der Waals surface area contributed by atoms with E-state index in [-0.39, 0.29) is 12.5 Å². The van der Waals surface area contributed by atoms with Gasteiger partial charge in [0.2, 0.25) is 18.0 Å². The summed E-state index contributed by atoms with van der Waals surface area (Å²) in [6, 6.07) is 14.1. The van der Waals surface area contributed by atoms with E-state index in [0.29, 0.717) is 27.3 Å². The highest BCUT2D eigenvalue weighted by molar-refractivity contribution is 6.31. The van der Waals surface area contributed by atoms with Crippen LogP contribution in [0, 0.1) is 0 Å². The van der Waals surface area contributed by atoms with Crippen LogP contribution in [0.2, 0.25) is 10.0 Å². The summed E-state index contributed by atoms with van der Waals surface area (Å²) in [5.41, 5.74) is 0.666. The first-order valence-corrected chi connectivity index (χ1v) is 7.97. The summed E-state index contributed by atoms with van der Waals surface area (Å²) >= 11 is 12.0. The Morgan fingerprint density at radius 1 is 1.21 bits per heavy atom. The molecule has 24 heavy (non-hydrogen) atoms. The molecule has 0 unspecified atom stereocenters. The summed E-state index contributed by atoms with van der Waals surface area (Å²) < 4.78 is 11.4. The molecule has 0 spiro atoms. The second kappa shape index (κ2) is 7.11. The van der Waals surface area contributed by atoms with Crippen LogP contribution in [0.5, 0.6) is 5.75 Å². The van der Waals surface area contributed by atoms with Gasteiger partial charge in [0, 0.05) is 22.5 Å². The third kappa shape index (κ3) is 3.63. The van der Waals surface area contributed by atoms with Gasteiger partial charge in [-0.2, -0.15) is 5.01 Å². The number of hydrazone groups is 1. The Labute approximate surface area is 149 Å². The molecule has 1 aliphatic heterocycles. The lowest BCUT2D eigenvalue weighted by Gasteiger charge is -2.20. The van der Waals surface area contributed by atoms with E-state index in [1.807, 2.05) is 12.1 Å². The molecule has 0 bridgehead atoms. The summed E-state index contributed by atoms with van der Waals surface area (Å²) in [5.74, 6) is 0.674. The number of hydrogen-bond donors (Lipinski definition) is 0. The maximum Gasteiger partial charge on any atom is 0.247 e. The normalized spacial score (nSPS) is 16.5. The van der Waals surface area contributed by atoms with Crippen molar-refractivity contribution in [3.8, 4) is 5.75 Å². The van der Waals surface area contributed by atoms with Crippen molar-refractivity contribution in [1.82, 2.24) is 5.01 Å². The maximum atomic E-state index is 11.8. The SMILES string of the molecule is CC(=O)N1N=C(COc2ccc(Cl)cc2)O[C@@H]1c1ccccc1Cl. The topological polar surface area (TPSA) is 51.1 Å². The minimum atomic E-state index is -0.694. The molecule has 1 heterocycles. The fourth-order valence-electron chi connectivity index (χ4n) is 2.22. The molecule has 0 saturated heterocycles. The minimum Gasteiger partial charge on any atom is -0.484 e. The molecule has 0 saturated carbocycles. The van der Waals surface area contributed by atoms with Gasteiger partial charge in [-0.05, 0) is 30.3 Å². The van der Waals surface area contributed by atoms with Crippen LogP contribution in [-0.2, 0) is 9.53 Å². The molecule has 0 aliphatic carbocycles. The number of carbonyl (C=O) groups is 1. The van der Waals surface area contributed by atoms with Crippen molar-refractivity contribution >= 4 is 35.0 Å². The van der Waals surface area contributed by atoms with E-state index in [0.717, 1.165) is 0 Å². The van der Waals surface area contributed by atoms with Crippen LogP contribution < -0.4 is 4.74 Å². The average molecular weight is 365 g/mol. The van der Waals surface area contributed by atoms with Crippen molar-refractivity contribution in [1.29, 1.82) is 0 Å². The summed E-state index contributed by atoms with van der Waals surface area (Å²) in [5, 5.41) is 6.57. The molecule has 0 N–H and O–H groups in total. The molecule has 7 heteroatoms. The van der Waals surface area contributed by atoms with Crippen LogP contribution in [-0.4, -0.2) is 23.4 Å². The van der Waals surface area contributed by atoms with Crippen LogP contribution in [0.25, 0.3) is 0 Å². The second-order valence-electron chi connectivity index (χ2n) is 5.09. The van der Waals surface area contributed by atoms with Crippen LogP contribution >= 0.6 is 23.2 Å². The first kappa shape index (κ1) is 16.6. The lowest BCUT2D eigenvalue weighted by atomic mass is 10.2. The molecule has 0 aromatic heterocycles. The third-order valence-corrected chi connectivity index (χ3v) is 3.96. The van der Waals surface area contributed by atoms with Gasteiger partial charge in [-0.3, -0.25) is 4.79 Å². The first-order chi connectivity index (χ1) is 11.5. The van der Waals surface area contributed by atoms with Gasteiger partial charge in [-0.25, -0.2) is 0 Å². The molecule has 3 rings (SSSR count). The van der Waals surface area contributed by atoms with E-state index < -0.39 is 6.23 Å². The molecule has 1 amide bonds. The van der Waals surface area contributed by atoms with Crippen LogP contribution in [0.3, 0.4) is 0 Å². The van der Waals surface area contributed by atoms with E-state index in [1.165, 1.54) is 11.9 Å². The van der Waals surface area contributed by atoms with Gasteiger partial charge < -0.3 is 9.47 Å². The van der Waals surface area contributed by atoms with Crippen molar-refractivity contribution in [2.24, 2.45) is 5.10 Å². The zero-order chi connectivity index (χ0) is 17.1. The fourth-order valence-corrected chi connectivity index (χ4v) is 2.57. The van der Waals surface area contributed by atoms with Crippen LogP contribution in [0.15, 0.2) is 53.6 Å². The summed E-state index contributed by atoms with van der Waals surface area (Å²) in [6.45, 7) is 1.51. The molecule has 0 fully saturated rings. The Balaban J connectivity index is 1.73. The highest BCUT2D eigenvalue weighted by Gasteiger charge is 2.33. The van der Waals surface area contributed by atoms with Crippen molar-refractivity contribution < 1.29 is 14.3 Å². The Morgan fingerprint density at radius 3 is 2.58 bits per heavy atom. The number of halogens is 2. The van der Waals surface area contributed by atoms with Crippen molar-refractivity contribution in [2.75, 3.05) is 6.61 Å². The Kier molecular flexibility index (Phi) is 4.92. The van der Waals surface area contributed by atoms with Crippen LogP contribution in [0.4, 0.5) is 0 Å². The van der Waals surface area contributed by atoms with Crippen molar-refractivity contribution in [3.05, 3.63) is 64.1 Å². The van der Waals surface area contributed by atoms with Gasteiger partial charge in [-0.1, -0.05) is 41.4 Å². The molecule has 5 nitrogen and oxygen atoms in total. The number of carbonyl (C=O) groups excluding carboxylic acids is 1. The molecular weight excluding hydrogens is 351 g/mol. The quantitative estimate of drug-likeness (QED) is 0.813. The average Bonchev–Trinajstić information content (AvgIpc) is 2.99. The van der Waals surface area contributed by atoms with Crippen molar-refractivity contribution in [3.63, 3.8) is 0 Å². The second-order valence-corrected chi connectivity index (χ2v) is 5.94. The van der Waals surface area contributed by atoms with Gasteiger partial charge in [-0.15, -0.1) is 5.10 Å². The standard InChI is InChI=1S/C17H14Cl2N2O3/c1-11(22)21-17(14-4-2-3-5-15(14)19)24-16(20-21)10-23-13-8-6-12(18)7-9-13/h2-9,17H,10H2,1H3/t17-/m1/s1. The molecule has 124 valence electrons. The Morgan fingerprint density at radius 2 is 1.92 bits per heavy atom. The maximum absolute atomic E-state index is 11.8. The van der Waals surface area contributed by atoms with Gasteiger partial charge >= 0.3 is 0 Å². The minimum absolute atomic E-state index is 0.0896. The summed E-state index contributed by atoms with van der Waals surface area (Å²) in [6.07, 6.45) is -0.694. The first-order valence-electron chi connectivity index (χ1n) is 7.21. The number of amides is 1. The lowest BCUT2D eigenvalue weighted by molar-refractivity contribution is -0.135. The predicted octanol–water partition coefficient (Wildman–Crippen LogP) is 4.26. The smallest absolute Gasteiger partial charge is 0.247 e. The highest BCUT2D eigenvalue weighted by Crippen LogP contribution is 2.32. The van der Waals surface area contributed by atoms with E-state index in [1.54, 1.807) is 36.4 Å². The Bertz CT molecular complexity index is 778. The molecule has 2 aromatic rings. The number of hydrogen-bond acceptors (Lipinski definition) is 4. The number of nitrogens with zero attached hydrogens (tertiary/aromatic N) is 2. The lowest BCUT2D eigenvalue weighted by Crippen LogP contribution is -2.25. The monoisotopic (exact) mass is 364 g/mol. The fraction of sp³-hybridized carbons (Fsp3) is 0.176. The number of benzene rings is 2. The largest absolute Gasteiger partial charge is 0.484 e. The Hall–Kier alpha value is -2.24. The van der Waals surface area contributed by atoms with Gasteiger partial charge in [0.1, 0.15) is 5.75 Å². The third-order valence-electron chi connectivity index (χ3n) is 3.36. The van der Waals surface area contributed by atoms with Gasteiger partial charge in [0.05, 0.1) is 0 Å². The summed E-state index contributed by atoms with van der Waals surface area (Å²) in [7, 11) is 0. The molecule has 1 aliphatic rings. The highest BCUT2D eigenvalue weighted by atomic mass is 35.5. The molecule has 2 aromatic carbocycles. The van der Waals surface area contributed by atoms with Crippen LogP contribution in [0.1, 0.15) is 18.7 Å². The van der Waals surface area contributed by atoms with E-state index in [9.17, 15) is 4.79 Å². The van der Waals surface area contributed by atoms with Crippen molar-refractivity contribution in [2.45, 2.75) is 13.2 Å². The summed E-state index contributed by atoms with van der Waals surface area (Å²) in [4.78, 5) is 11.8. The van der Waals surface area contributed by atoms with E-state index >= 15 is 0 Å². The van der Waals surface area contributed by atoms with Gasteiger partial charge in [0.25, 0.3) is 0 Å². The molecule has 1 atom stereocenters.